The lowest BCUT2D eigenvalue weighted by Gasteiger charge is -2.21. The summed E-state index contributed by atoms with van der Waals surface area (Å²) in [7, 11) is 0. The van der Waals surface area contributed by atoms with Crippen molar-refractivity contribution in [3.63, 3.8) is 0 Å². The number of nitrogens with zero attached hydrogens (tertiary/aromatic N) is 1. The first-order valence-corrected chi connectivity index (χ1v) is 9.23. The third-order valence-corrected chi connectivity index (χ3v) is 5.03. The van der Waals surface area contributed by atoms with E-state index in [1.165, 1.54) is 11.3 Å². The predicted molar refractivity (Wildman–Crippen MR) is 94.8 cm³/mol. The highest BCUT2D eigenvalue weighted by molar-refractivity contribution is 7.13. The number of halogens is 1. The highest BCUT2D eigenvalue weighted by Crippen LogP contribution is 2.22. The smallest absolute Gasteiger partial charge is 0.286 e. The van der Waals surface area contributed by atoms with E-state index in [1.807, 2.05) is 0 Å². The second-order valence-corrected chi connectivity index (χ2v) is 7.13. The first kappa shape index (κ1) is 18.1. The zero-order valence-electron chi connectivity index (χ0n) is 13.8. The molecule has 25 heavy (non-hydrogen) atoms. The first-order chi connectivity index (χ1) is 12.1. The summed E-state index contributed by atoms with van der Waals surface area (Å²) < 4.78 is 11.1. The van der Waals surface area contributed by atoms with Crippen molar-refractivity contribution in [3.8, 4) is 5.75 Å². The van der Waals surface area contributed by atoms with Crippen LogP contribution in [-0.4, -0.2) is 23.8 Å². The number of thiazole rings is 1. The Labute approximate surface area is 155 Å². The second-order valence-electron chi connectivity index (χ2n) is 5.61. The number of hydrogen-bond acceptors (Lipinski definition) is 6. The van der Waals surface area contributed by atoms with Gasteiger partial charge in [-0.05, 0) is 44.0 Å². The van der Waals surface area contributed by atoms with E-state index in [-0.39, 0.29) is 18.8 Å². The van der Waals surface area contributed by atoms with Crippen LogP contribution in [0.2, 0.25) is 5.02 Å². The fourth-order valence-electron chi connectivity index (χ4n) is 2.37. The highest BCUT2D eigenvalue weighted by atomic mass is 35.5. The standard InChI is InChI=1S/C17H19ClN2O4S/c1-11-16(17(21)20-24-15-4-2-3-9-22-15)25-14(19-11)10-23-13-7-5-12(18)6-8-13/h5-8,15H,2-4,9-10H2,1H3,(H,20,21). The summed E-state index contributed by atoms with van der Waals surface area (Å²) in [5, 5.41) is 1.37. The molecule has 134 valence electrons. The molecule has 2 aromatic rings. The zero-order valence-corrected chi connectivity index (χ0v) is 15.4. The molecular formula is C17H19ClN2O4S. The normalized spacial score (nSPS) is 17.3. The van der Waals surface area contributed by atoms with E-state index in [1.54, 1.807) is 31.2 Å². The fraction of sp³-hybridized carbons (Fsp3) is 0.412. The van der Waals surface area contributed by atoms with E-state index in [9.17, 15) is 4.79 Å². The summed E-state index contributed by atoms with van der Waals surface area (Å²) >= 11 is 7.12. The van der Waals surface area contributed by atoms with E-state index >= 15 is 0 Å². The maximum Gasteiger partial charge on any atom is 0.286 e. The quantitative estimate of drug-likeness (QED) is 0.768. The van der Waals surface area contributed by atoms with Gasteiger partial charge in [0.05, 0.1) is 5.69 Å². The number of amides is 1. The molecule has 0 aliphatic carbocycles. The third-order valence-electron chi connectivity index (χ3n) is 3.64. The topological polar surface area (TPSA) is 69.7 Å². The van der Waals surface area contributed by atoms with Gasteiger partial charge in [-0.25, -0.2) is 15.3 Å². The lowest BCUT2D eigenvalue weighted by atomic mass is 10.2. The molecule has 1 N–H and O–H groups in total. The van der Waals surface area contributed by atoms with Crippen LogP contribution in [-0.2, 0) is 16.2 Å². The number of carbonyl (C=O) groups is 1. The molecule has 1 atom stereocenters. The van der Waals surface area contributed by atoms with E-state index < -0.39 is 0 Å². The molecule has 1 unspecified atom stereocenters. The molecule has 1 aliphatic heterocycles. The van der Waals surface area contributed by atoms with Gasteiger partial charge >= 0.3 is 0 Å². The van der Waals surface area contributed by atoms with Crippen LogP contribution in [0.1, 0.15) is 39.6 Å². The molecule has 0 saturated carbocycles. The number of benzene rings is 1. The molecule has 1 aliphatic rings. The van der Waals surface area contributed by atoms with Gasteiger partial charge in [-0.15, -0.1) is 11.3 Å². The molecule has 2 heterocycles. The van der Waals surface area contributed by atoms with Crippen LogP contribution in [0.15, 0.2) is 24.3 Å². The van der Waals surface area contributed by atoms with Crippen LogP contribution >= 0.6 is 22.9 Å². The Kier molecular flexibility index (Phi) is 6.25. The Balaban J connectivity index is 1.53. The fourth-order valence-corrected chi connectivity index (χ4v) is 3.36. The zero-order chi connectivity index (χ0) is 17.6. The monoisotopic (exact) mass is 382 g/mol. The van der Waals surface area contributed by atoms with Crippen molar-refractivity contribution < 1.29 is 19.1 Å². The third kappa shape index (κ3) is 5.15. The lowest BCUT2D eigenvalue weighted by molar-refractivity contribution is -0.186. The molecule has 1 saturated heterocycles. The average Bonchev–Trinajstić information content (AvgIpc) is 3.01. The van der Waals surface area contributed by atoms with Gasteiger partial charge in [0, 0.05) is 18.1 Å². The van der Waals surface area contributed by atoms with Gasteiger partial charge < -0.3 is 9.47 Å². The van der Waals surface area contributed by atoms with Gasteiger partial charge in [0.25, 0.3) is 5.91 Å². The van der Waals surface area contributed by atoms with E-state index in [0.29, 0.717) is 33.0 Å². The van der Waals surface area contributed by atoms with Crippen LogP contribution in [0.25, 0.3) is 0 Å². The van der Waals surface area contributed by atoms with Crippen LogP contribution in [0, 0.1) is 6.92 Å². The Morgan fingerprint density at radius 3 is 2.92 bits per heavy atom. The number of rotatable bonds is 6. The van der Waals surface area contributed by atoms with Crippen molar-refractivity contribution in [2.24, 2.45) is 0 Å². The molecule has 6 nitrogen and oxygen atoms in total. The molecule has 8 heteroatoms. The van der Waals surface area contributed by atoms with Gasteiger partial charge in [0.2, 0.25) is 0 Å². The Morgan fingerprint density at radius 2 is 2.20 bits per heavy atom. The molecule has 3 rings (SSSR count). The maximum atomic E-state index is 12.3. The first-order valence-electron chi connectivity index (χ1n) is 8.04. The summed E-state index contributed by atoms with van der Waals surface area (Å²) in [6.45, 7) is 2.73. The number of nitrogens with one attached hydrogen (secondary N) is 1. The molecule has 0 spiro atoms. The Morgan fingerprint density at radius 1 is 1.40 bits per heavy atom. The second kappa shape index (κ2) is 8.62. The van der Waals surface area contributed by atoms with Crippen molar-refractivity contribution in [1.29, 1.82) is 0 Å². The number of hydroxylamine groups is 1. The number of aromatic nitrogens is 1. The maximum absolute atomic E-state index is 12.3. The van der Waals surface area contributed by atoms with Crippen LogP contribution in [0.4, 0.5) is 0 Å². The van der Waals surface area contributed by atoms with Gasteiger partial charge in [0.1, 0.15) is 22.2 Å². The molecule has 1 fully saturated rings. The van der Waals surface area contributed by atoms with E-state index in [2.05, 4.69) is 10.5 Å². The average molecular weight is 383 g/mol. The molecular weight excluding hydrogens is 364 g/mol. The highest BCUT2D eigenvalue weighted by Gasteiger charge is 2.19. The van der Waals surface area contributed by atoms with Gasteiger partial charge in [0.15, 0.2) is 6.29 Å². The van der Waals surface area contributed by atoms with Crippen molar-refractivity contribution in [2.45, 2.75) is 39.1 Å². The Bertz CT molecular complexity index is 714. The minimum atomic E-state index is -0.376. The van der Waals surface area contributed by atoms with E-state index in [4.69, 9.17) is 25.9 Å². The number of ether oxygens (including phenoxy) is 2. The summed E-state index contributed by atoms with van der Waals surface area (Å²) in [5.74, 6) is 0.378. The Hall–Kier alpha value is -1.67. The van der Waals surface area contributed by atoms with Crippen LogP contribution in [0.5, 0.6) is 5.75 Å². The molecule has 1 aromatic heterocycles. The number of carbonyl (C=O) groups excluding carboxylic acids is 1. The largest absolute Gasteiger partial charge is 0.486 e. The van der Waals surface area contributed by atoms with Crippen LogP contribution in [0.3, 0.4) is 0 Å². The summed E-state index contributed by atoms with van der Waals surface area (Å²) in [4.78, 5) is 22.5. The SMILES string of the molecule is Cc1nc(COc2ccc(Cl)cc2)sc1C(=O)NOC1CCCCO1. The molecule has 1 amide bonds. The van der Waals surface area contributed by atoms with Gasteiger partial charge in [-0.2, -0.15) is 0 Å². The number of aryl methyl sites for hydroxylation is 1. The number of hydrogen-bond donors (Lipinski definition) is 1. The molecule has 0 radical (unpaired) electrons. The summed E-state index contributed by atoms with van der Waals surface area (Å²) in [6, 6.07) is 7.09. The molecule has 1 aromatic carbocycles. The minimum absolute atomic E-state index is 0.285. The lowest BCUT2D eigenvalue weighted by Crippen LogP contribution is -2.33. The van der Waals surface area contributed by atoms with E-state index in [0.717, 1.165) is 19.3 Å². The van der Waals surface area contributed by atoms with Gasteiger partial charge in [-0.3, -0.25) is 4.79 Å². The van der Waals surface area contributed by atoms with Crippen LogP contribution < -0.4 is 10.2 Å². The van der Waals surface area contributed by atoms with Crippen molar-refractivity contribution in [2.75, 3.05) is 6.61 Å². The summed E-state index contributed by atoms with van der Waals surface area (Å²) in [5.41, 5.74) is 3.10. The van der Waals surface area contributed by atoms with Crippen molar-refractivity contribution in [3.05, 3.63) is 44.9 Å². The van der Waals surface area contributed by atoms with Gasteiger partial charge in [-0.1, -0.05) is 11.6 Å². The van der Waals surface area contributed by atoms with Crippen molar-refractivity contribution in [1.82, 2.24) is 10.5 Å². The predicted octanol–water partition coefficient (Wildman–Crippen LogP) is 3.87. The molecule has 0 bridgehead atoms. The summed E-state index contributed by atoms with van der Waals surface area (Å²) in [6.07, 6.45) is 2.46. The minimum Gasteiger partial charge on any atom is -0.486 e. The van der Waals surface area contributed by atoms with Crippen molar-refractivity contribution >= 4 is 28.8 Å².